The summed E-state index contributed by atoms with van der Waals surface area (Å²) in [5.74, 6) is 0. The molecule has 0 saturated carbocycles. The fourth-order valence-corrected chi connectivity index (χ4v) is 4.39. The molecule has 1 aliphatic heterocycles. The highest BCUT2D eigenvalue weighted by atomic mass is 127. The van der Waals surface area contributed by atoms with Crippen LogP contribution < -0.4 is 33.3 Å². The molecule has 4 heterocycles. The molecule has 4 heteroatoms. The number of imidazole rings is 1. The Balaban J connectivity index is 0.00000171. The Kier molecular flexibility index (Phi) is 4.19. The molecule has 3 aromatic heterocycles. The van der Waals surface area contributed by atoms with Crippen LogP contribution in [0.4, 0.5) is 5.69 Å². The van der Waals surface area contributed by atoms with E-state index in [2.05, 4.69) is 87.5 Å². The van der Waals surface area contributed by atoms with Gasteiger partial charge in [-0.05, 0) is 66.9 Å². The Morgan fingerprint density at radius 3 is 2.54 bits per heavy atom. The lowest BCUT2D eigenvalue weighted by molar-refractivity contribution is -0.479. The number of anilines is 1. The first kappa shape index (κ1) is 17.7. The largest absolute Gasteiger partial charge is 1.00 e. The van der Waals surface area contributed by atoms with Crippen LogP contribution in [-0.4, -0.2) is 17.5 Å². The quantitative estimate of drug-likeness (QED) is 0.278. The number of aromatic nitrogens is 2. The van der Waals surface area contributed by atoms with Crippen LogP contribution in [-0.2, 0) is 6.42 Å². The van der Waals surface area contributed by atoms with Crippen molar-refractivity contribution in [3.05, 3.63) is 72.4 Å². The predicted octanol–water partition coefficient (Wildman–Crippen LogP) is 1.76. The van der Waals surface area contributed by atoms with Crippen LogP contribution in [0.25, 0.3) is 33.0 Å². The molecule has 140 valence electrons. The third-order valence-corrected chi connectivity index (χ3v) is 6.07. The van der Waals surface area contributed by atoms with E-state index in [-0.39, 0.29) is 24.0 Å². The summed E-state index contributed by atoms with van der Waals surface area (Å²) in [6.07, 6.45) is 4.63. The van der Waals surface area contributed by atoms with Crippen LogP contribution in [0.2, 0.25) is 0 Å². The van der Waals surface area contributed by atoms with Crippen molar-refractivity contribution in [2.24, 2.45) is 0 Å². The number of hydrogen-bond acceptors (Lipinski definition) is 1. The zero-order valence-corrected chi connectivity index (χ0v) is 18.1. The molecule has 5 aromatic rings. The van der Waals surface area contributed by atoms with Gasteiger partial charge in [-0.2, -0.15) is 8.80 Å². The normalized spacial score (nSPS) is 14.0. The van der Waals surface area contributed by atoms with Crippen LogP contribution in [0.3, 0.4) is 0 Å². The molecule has 0 spiro atoms. The molecule has 28 heavy (non-hydrogen) atoms. The number of benzene rings is 2. The summed E-state index contributed by atoms with van der Waals surface area (Å²) in [7, 11) is 0. The first-order valence-electron chi connectivity index (χ1n) is 9.88. The summed E-state index contributed by atoms with van der Waals surface area (Å²) in [4.78, 5) is 2.45. The first-order valence-corrected chi connectivity index (χ1v) is 9.88. The summed E-state index contributed by atoms with van der Waals surface area (Å²) in [5, 5.41) is 2.60. The van der Waals surface area contributed by atoms with Gasteiger partial charge >= 0.3 is 0 Å². The maximum Gasteiger partial charge on any atom is 0.292 e. The number of rotatable bonds is 2. The molecule has 0 atom stereocenters. The van der Waals surface area contributed by atoms with Gasteiger partial charge in [0.1, 0.15) is 17.2 Å². The van der Waals surface area contributed by atoms with Crippen molar-refractivity contribution in [1.29, 1.82) is 0 Å². The summed E-state index contributed by atoms with van der Waals surface area (Å²) in [5.41, 5.74) is 7.70. The molecule has 0 bridgehead atoms. The van der Waals surface area contributed by atoms with E-state index in [0.29, 0.717) is 0 Å². The Hall–Kier alpha value is -2.34. The number of fused-ring (bicyclic) bond motifs is 7. The number of pyridine rings is 2. The lowest BCUT2D eigenvalue weighted by Crippen LogP contribution is -3.00. The molecular weight excluding hydrogens is 457 g/mol. The van der Waals surface area contributed by atoms with Crippen molar-refractivity contribution < 1.29 is 28.4 Å². The molecule has 3 nitrogen and oxygen atoms in total. The molecular formula is C24H22IN3. The van der Waals surface area contributed by atoms with Crippen molar-refractivity contribution in [3.8, 4) is 0 Å². The standard InChI is InChI=1S/C24H22N3.HI/c1-2-17-4-9-22-18(14-17)6-11-24-26(22)16-21-7-5-19-15-20(25-12-3-13-25)8-10-23(19)27(21)24;/h4-11,14-16H,2-3,12-13H2,1H3;1H/q+1;/p-1. The van der Waals surface area contributed by atoms with Gasteiger partial charge in [0.2, 0.25) is 0 Å². The highest BCUT2D eigenvalue weighted by molar-refractivity contribution is 5.88. The first-order chi connectivity index (χ1) is 13.3. The minimum atomic E-state index is 0. The van der Waals surface area contributed by atoms with Crippen molar-refractivity contribution in [2.45, 2.75) is 19.8 Å². The number of halogens is 1. The fraction of sp³-hybridized carbons (Fsp3) is 0.208. The monoisotopic (exact) mass is 479 g/mol. The zero-order chi connectivity index (χ0) is 18.0. The van der Waals surface area contributed by atoms with E-state index in [4.69, 9.17) is 0 Å². The highest BCUT2D eigenvalue weighted by Crippen LogP contribution is 2.27. The molecule has 1 aliphatic rings. The van der Waals surface area contributed by atoms with Crippen LogP contribution in [0.5, 0.6) is 0 Å². The Labute approximate surface area is 181 Å². The van der Waals surface area contributed by atoms with Crippen molar-refractivity contribution in [2.75, 3.05) is 18.0 Å². The van der Waals surface area contributed by atoms with Gasteiger partial charge in [0.25, 0.3) is 5.65 Å². The molecule has 2 aromatic carbocycles. The summed E-state index contributed by atoms with van der Waals surface area (Å²) in [6, 6.07) is 22.7. The molecule has 1 saturated heterocycles. The van der Waals surface area contributed by atoms with E-state index >= 15 is 0 Å². The summed E-state index contributed by atoms with van der Waals surface area (Å²) >= 11 is 0. The lowest BCUT2D eigenvalue weighted by Gasteiger charge is -2.33. The average molecular weight is 479 g/mol. The third kappa shape index (κ3) is 2.50. The van der Waals surface area contributed by atoms with E-state index < -0.39 is 0 Å². The van der Waals surface area contributed by atoms with E-state index in [9.17, 15) is 0 Å². The molecule has 0 radical (unpaired) electrons. The fourth-order valence-electron chi connectivity index (χ4n) is 4.39. The van der Waals surface area contributed by atoms with Gasteiger partial charge in [-0.3, -0.25) is 0 Å². The van der Waals surface area contributed by atoms with E-state index in [1.807, 2.05) is 0 Å². The minimum absolute atomic E-state index is 0. The topological polar surface area (TPSA) is 11.8 Å². The van der Waals surface area contributed by atoms with Gasteiger partial charge in [0.15, 0.2) is 5.52 Å². The molecule has 0 N–H and O–H groups in total. The third-order valence-electron chi connectivity index (χ3n) is 6.07. The Bertz CT molecular complexity index is 1350. The molecule has 0 aliphatic carbocycles. The van der Waals surface area contributed by atoms with E-state index in [1.54, 1.807) is 0 Å². The van der Waals surface area contributed by atoms with Gasteiger partial charge in [0.05, 0.1) is 0 Å². The van der Waals surface area contributed by atoms with E-state index in [0.717, 1.165) is 6.42 Å². The second kappa shape index (κ2) is 6.62. The summed E-state index contributed by atoms with van der Waals surface area (Å²) < 4.78 is 4.70. The minimum Gasteiger partial charge on any atom is -1.00 e. The number of hydrogen-bond donors (Lipinski definition) is 0. The maximum atomic E-state index is 2.45. The van der Waals surface area contributed by atoms with Crippen molar-refractivity contribution in [3.63, 3.8) is 0 Å². The lowest BCUT2D eigenvalue weighted by atomic mass is 10.1. The maximum absolute atomic E-state index is 2.45. The zero-order valence-electron chi connectivity index (χ0n) is 15.9. The second-order valence-electron chi connectivity index (χ2n) is 7.61. The number of aryl methyl sites for hydroxylation is 1. The van der Waals surface area contributed by atoms with Crippen LogP contribution >= 0.6 is 0 Å². The average Bonchev–Trinajstić information content (AvgIpc) is 3.05. The van der Waals surface area contributed by atoms with Crippen LogP contribution in [0, 0.1) is 0 Å². The van der Waals surface area contributed by atoms with Gasteiger partial charge in [0, 0.05) is 35.6 Å². The van der Waals surface area contributed by atoms with Crippen LogP contribution in [0.15, 0.2) is 66.9 Å². The van der Waals surface area contributed by atoms with Gasteiger partial charge in [-0.25, -0.2) is 0 Å². The van der Waals surface area contributed by atoms with Crippen LogP contribution in [0.1, 0.15) is 18.9 Å². The SMILES string of the molecule is CCc1ccc2c(ccc3n4c(ccc5cc(N6CCC6)ccc54)c[n+]23)c1.[I-]. The predicted molar refractivity (Wildman–Crippen MR) is 112 cm³/mol. The van der Waals surface area contributed by atoms with Gasteiger partial charge in [-0.15, -0.1) is 0 Å². The molecule has 6 rings (SSSR count). The highest BCUT2D eigenvalue weighted by Gasteiger charge is 2.19. The van der Waals surface area contributed by atoms with Gasteiger partial charge in [-0.1, -0.05) is 13.0 Å². The Morgan fingerprint density at radius 1 is 0.893 bits per heavy atom. The molecule has 0 amide bonds. The number of nitrogens with zero attached hydrogens (tertiary/aromatic N) is 3. The smallest absolute Gasteiger partial charge is 0.292 e. The van der Waals surface area contributed by atoms with E-state index in [1.165, 1.54) is 63.7 Å². The molecule has 1 fully saturated rings. The van der Waals surface area contributed by atoms with Crippen molar-refractivity contribution >= 4 is 38.7 Å². The molecule has 0 unspecified atom stereocenters. The second-order valence-corrected chi connectivity index (χ2v) is 7.61. The van der Waals surface area contributed by atoms with Crippen molar-refractivity contribution in [1.82, 2.24) is 4.40 Å². The summed E-state index contributed by atoms with van der Waals surface area (Å²) in [6.45, 7) is 4.57. The van der Waals surface area contributed by atoms with Gasteiger partial charge < -0.3 is 28.9 Å². The Morgan fingerprint density at radius 2 is 1.75 bits per heavy atom.